The standard InChI is InChI=1S/C15H20N2/c1-10-2-3-12(14(16)17)8-13(10)15-6-4-11(9-15)5-7-15/h2-3,8,11H,4-7,9H2,1H3,(H3,16,17). The minimum absolute atomic E-state index is 0.190. The van der Waals surface area contributed by atoms with Gasteiger partial charge in [-0.3, -0.25) is 5.41 Å². The molecular weight excluding hydrogens is 208 g/mol. The molecule has 17 heavy (non-hydrogen) atoms. The van der Waals surface area contributed by atoms with Gasteiger partial charge in [-0.2, -0.15) is 0 Å². The minimum atomic E-state index is 0.190. The van der Waals surface area contributed by atoms with Crippen molar-refractivity contribution in [3.8, 4) is 0 Å². The summed E-state index contributed by atoms with van der Waals surface area (Å²) in [6, 6.07) is 6.27. The molecule has 2 nitrogen and oxygen atoms in total. The van der Waals surface area contributed by atoms with Gasteiger partial charge >= 0.3 is 0 Å². The molecule has 90 valence electrons. The van der Waals surface area contributed by atoms with Crippen LogP contribution in [0.5, 0.6) is 0 Å². The molecule has 0 aliphatic heterocycles. The topological polar surface area (TPSA) is 49.9 Å². The Morgan fingerprint density at radius 3 is 2.59 bits per heavy atom. The predicted octanol–water partition coefficient (Wildman–Crippen LogP) is 3.11. The fourth-order valence-corrected chi connectivity index (χ4v) is 3.93. The Hall–Kier alpha value is -1.31. The van der Waals surface area contributed by atoms with E-state index in [2.05, 4.69) is 19.1 Å². The number of hydrogen-bond donors (Lipinski definition) is 2. The number of amidine groups is 1. The van der Waals surface area contributed by atoms with Crippen LogP contribution >= 0.6 is 0 Å². The number of nitrogens with two attached hydrogens (primary N) is 1. The third-order valence-electron chi connectivity index (χ3n) is 4.86. The van der Waals surface area contributed by atoms with Gasteiger partial charge in [-0.05, 0) is 67.6 Å². The summed E-state index contributed by atoms with van der Waals surface area (Å²) in [5.41, 5.74) is 9.75. The summed E-state index contributed by atoms with van der Waals surface area (Å²) in [7, 11) is 0. The zero-order chi connectivity index (χ0) is 12.0. The normalized spacial score (nSPS) is 30.8. The molecule has 0 unspecified atom stereocenters. The van der Waals surface area contributed by atoms with Crippen molar-refractivity contribution < 1.29 is 0 Å². The Labute approximate surface area is 103 Å². The molecule has 1 aromatic rings. The number of nitrogen functional groups attached to an aromatic ring is 1. The van der Waals surface area contributed by atoms with E-state index in [4.69, 9.17) is 11.1 Å². The van der Waals surface area contributed by atoms with Crippen molar-refractivity contribution in [1.29, 1.82) is 5.41 Å². The van der Waals surface area contributed by atoms with Crippen LogP contribution < -0.4 is 5.73 Å². The van der Waals surface area contributed by atoms with Gasteiger partial charge in [0.25, 0.3) is 0 Å². The van der Waals surface area contributed by atoms with Gasteiger partial charge in [-0.1, -0.05) is 12.1 Å². The molecular formula is C15H20N2. The second-order valence-electron chi connectivity index (χ2n) is 5.87. The first-order valence-corrected chi connectivity index (χ1v) is 6.56. The average Bonchev–Trinajstić information content (AvgIpc) is 2.90. The highest BCUT2D eigenvalue weighted by Crippen LogP contribution is 2.55. The quantitative estimate of drug-likeness (QED) is 0.593. The summed E-state index contributed by atoms with van der Waals surface area (Å²) in [4.78, 5) is 0. The lowest BCUT2D eigenvalue weighted by atomic mass is 9.75. The highest BCUT2D eigenvalue weighted by atomic mass is 14.7. The maximum atomic E-state index is 7.58. The van der Waals surface area contributed by atoms with Crippen LogP contribution in [-0.2, 0) is 5.41 Å². The van der Waals surface area contributed by atoms with Gasteiger partial charge in [-0.25, -0.2) is 0 Å². The third-order valence-corrected chi connectivity index (χ3v) is 4.86. The molecule has 0 radical (unpaired) electrons. The molecule has 2 aliphatic rings. The van der Waals surface area contributed by atoms with Crippen molar-refractivity contribution in [2.24, 2.45) is 11.7 Å². The zero-order valence-corrected chi connectivity index (χ0v) is 10.4. The van der Waals surface area contributed by atoms with Gasteiger partial charge in [0.15, 0.2) is 0 Å². The monoisotopic (exact) mass is 228 g/mol. The molecule has 3 N–H and O–H groups in total. The minimum Gasteiger partial charge on any atom is -0.384 e. The van der Waals surface area contributed by atoms with Crippen LogP contribution in [0.4, 0.5) is 0 Å². The zero-order valence-electron chi connectivity index (χ0n) is 10.4. The molecule has 0 heterocycles. The summed E-state index contributed by atoms with van der Waals surface area (Å²) in [5.74, 6) is 1.14. The van der Waals surface area contributed by atoms with Crippen LogP contribution in [0.1, 0.15) is 48.8 Å². The van der Waals surface area contributed by atoms with Gasteiger partial charge < -0.3 is 5.73 Å². The van der Waals surface area contributed by atoms with Crippen molar-refractivity contribution in [2.75, 3.05) is 0 Å². The molecule has 0 amide bonds. The van der Waals surface area contributed by atoms with Crippen LogP contribution in [0.3, 0.4) is 0 Å². The molecule has 2 aliphatic carbocycles. The lowest BCUT2D eigenvalue weighted by Crippen LogP contribution is -2.22. The first-order valence-electron chi connectivity index (χ1n) is 6.56. The van der Waals surface area contributed by atoms with E-state index in [0.717, 1.165) is 11.5 Å². The lowest BCUT2D eigenvalue weighted by Gasteiger charge is -2.29. The van der Waals surface area contributed by atoms with Gasteiger partial charge in [-0.15, -0.1) is 0 Å². The lowest BCUT2D eigenvalue weighted by molar-refractivity contribution is 0.417. The van der Waals surface area contributed by atoms with Gasteiger partial charge in [0.05, 0.1) is 0 Å². The van der Waals surface area contributed by atoms with Crippen LogP contribution in [0.2, 0.25) is 0 Å². The second-order valence-corrected chi connectivity index (χ2v) is 5.87. The smallest absolute Gasteiger partial charge is 0.122 e. The Bertz CT molecular complexity index is 468. The van der Waals surface area contributed by atoms with E-state index in [1.54, 1.807) is 0 Å². The van der Waals surface area contributed by atoms with Crippen molar-refractivity contribution in [1.82, 2.24) is 0 Å². The number of rotatable bonds is 2. The predicted molar refractivity (Wildman–Crippen MR) is 70.4 cm³/mol. The number of hydrogen-bond acceptors (Lipinski definition) is 1. The summed E-state index contributed by atoms with van der Waals surface area (Å²) in [6.45, 7) is 2.19. The van der Waals surface area contributed by atoms with Gasteiger partial charge in [0.1, 0.15) is 5.84 Å². The molecule has 1 aromatic carbocycles. The fraction of sp³-hybridized carbons (Fsp3) is 0.533. The maximum absolute atomic E-state index is 7.58. The summed E-state index contributed by atoms with van der Waals surface area (Å²) in [5, 5.41) is 7.58. The summed E-state index contributed by atoms with van der Waals surface area (Å²) < 4.78 is 0. The Morgan fingerprint density at radius 1 is 1.35 bits per heavy atom. The summed E-state index contributed by atoms with van der Waals surface area (Å²) in [6.07, 6.45) is 6.81. The Morgan fingerprint density at radius 2 is 2.06 bits per heavy atom. The average molecular weight is 228 g/mol. The SMILES string of the molecule is Cc1ccc(C(=N)N)cc1C12CCC(CC1)C2. The highest BCUT2D eigenvalue weighted by Gasteiger charge is 2.46. The van der Waals surface area contributed by atoms with E-state index in [1.807, 2.05) is 6.07 Å². The number of nitrogens with one attached hydrogen (secondary N) is 1. The first-order chi connectivity index (χ1) is 8.11. The molecule has 2 heteroatoms. The van der Waals surface area contributed by atoms with E-state index < -0.39 is 0 Å². The van der Waals surface area contributed by atoms with E-state index in [9.17, 15) is 0 Å². The molecule has 0 atom stereocenters. The van der Waals surface area contributed by atoms with Gasteiger partial charge in [0.2, 0.25) is 0 Å². The van der Waals surface area contributed by atoms with Gasteiger partial charge in [0, 0.05) is 5.56 Å². The fourth-order valence-electron chi connectivity index (χ4n) is 3.93. The van der Waals surface area contributed by atoms with Crippen LogP contribution in [0.15, 0.2) is 18.2 Å². The third kappa shape index (κ3) is 1.58. The Balaban J connectivity index is 2.07. The molecule has 3 rings (SSSR count). The Kier molecular flexibility index (Phi) is 2.29. The maximum Gasteiger partial charge on any atom is 0.122 e. The first kappa shape index (κ1) is 10.8. The van der Waals surface area contributed by atoms with E-state index in [-0.39, 0.29) is 5.84 Å². The van der Waals surface area contributed by atoms with Crippen LogP contribution in [-0.4, -0.2) is 5.84 Å². The van der Waals surface area contributed by atoms with E-state index >= 15 is 0 Å². The van der Waals surface area contributed by atoms with E-state index in [0.29, 0.717) is 5.41 Å². The molecule has 0 saturated heterocycles. The summed E-state index contributed by atoms with van der Waals surface area (Å²) >= 11 is 0. The number of aryl methyl sites for hydroxylation is 1. The molecule has 0 aromatic heterocycles. The van der Waals surface area contributed by atoms with Crippen LogP contribution in [0, 0.1) is 18.3 Å². The molecule has 2 fully saturated rings. The van der Waals surface area contributed by atoms with Crippen molar-refractivity contribution >= 4 is 5.84 Å². The van der Waals surface area contributed by atoms with Crippen LogP contribution in [0.25, 0.3) is 0 Å². The highest BCUT2D eigenvalue weighted by molar-refractivity contribution is 5.95. The van der Waals surface area contributed by atoms with E-state index in [1.165, 1.54) is 43.2 Å². The molecule has 2 bridgehead atoms. The number of benzene rings is 1. The number of fused-ring (bicyclic) bond motifs is 2. The molecule has 2 saturated carbocycles. The second kappa shape index (κ2) is 3.59. The van der Waals surface area contributed by atoms with Crippen molar-refractivity contribution in [3.05, 3.63) is 34.9 Å². The van der Waals surface area contributed by atoms with Crippen molar-refractivity contribution in [3.63, 3.8) is 0 Å². The van der Waals surface area contributed by atoms with Crippen molar-refractivity contribution in [2.45, 2.75) is 44.4 Å². The largest absolute Gasteiger partial charge is 0.384 e. The molecule has 0 spiro atoms.